The zero-order valence-corrected chi connectivity index (χ0v) is 17.0. The average Bonchev–Trinajstić information content (AvgIpc) is 3.12. The number of carbonyl (C=O) groups is 1. The quantitative estimate of drug-likeness (QED) is 0.475. The maximum atomic E-state index is 12.3. The summed E-state index contributed by atoms with van der Waals surface area (Å²) in [6, 6.07) is 26.1. The Kier molecular flexibility index (Phi) is 6.09. The number of hydrogen-bond donors (Lipinski definition) is 1. The zero-order chi connectivity index (χ0) is 20.8. The van der Waals surface area contributed by atoms with E-state index in [2.05, 4.69) is 47.1 Å². The Bertz CT molecular complexity index is 1120. The van der Waals surface area contributed by atoms with Crippen LogP contribution in [0.15, 0.2) is 78.9 Å². The van der Waals surface area contributed by atoms with Crippen molar-refractivity contribution in [3.05, 3.63) is 95.8 Å². The molecule has 1 N–H and O–H groups in total. The highest BCUT2D eigenvalue weighted by Gasteiger charge is 2.12. The number of amides is 1. The number of nitrogens with zero attached hydrogens (tertiary/aromatic N) is 2. The predicted molar refractivity (Wildman–Crippen MR) is 118 cm³/mol. The molecule has 0 unspecified atom stereocenters. The highest BCUT2D eigenvalue weighted by molar-refractivity contribution is 5.77. The van der Waals surface area contributed by atoms with E-state index in [1.54, 1.807) is 0 Å². The lowest BCUT2D eigenvalue weighted by molar-refractivity contribution is -0.121. The first-order valence-corrected chi connectivity index (χ1v) is 10.1. The first kappa shape index (κ1) is 19.7. The number of para-hydroxylation sites is 3. The average molecular weight is 399 g/mol. The number of ether oxygens (including phenoxy) is 1. The molecule has 0 aliphatic rings. The van der Waals surface area contributed by atoms with Gasteiger partial charge in [0.2, 0.25) is 5.91 Å². The van der Waals surface area contributed by atoms with Crippen molar-refractivity contribution < 1.29 is 9.53 Å². The van der Waals surface area contributed by atoms with Crippen molar-refractivity contribution in [2.75, 3.05) is 6.61 Å². The van der Waals surface area contributed by atoms with E-state index in [0.717, 1.165) is 22.6 Å². The Balaban J connectivity index is 1.41. The van der Waals surface area contributed by atoms with Crippen molar-refractivity contribution >= 4 is 16.9 Å². The van der Waals surface area contributed by atoms with Crippen LogP contribution in [-0.2, 0) is 17.9 Å². The molecule has 1 amide bonds. The summed E-state index contributed by atoms with van der Waals surface area (Å²) in [5.74, 6) is 1.55. The lowest BCUT2D eigenvalue weighted by Gasteiger charge is -2.11. The van der Waals surface area contributed by atoms with Gasteiger partial charge in [-0.15, -0.1) is 0 Å². The number of hydrogen-bond acceptors (Lipinski definition) is 3. The monoisotopic (exact) mass is 399 g/mol. The molecule has 152 valence electrons. The van der Waals surface area contributed by atoms with E-state index in [1.807, 2.05) is 48.5 Å². The van der Waals surface area contributed by atoms with Gasteiger partial charge in [-0.05, 0) is 36.8 Å². The van der Waals surface area contributed by atoms with E-state index in [1.165, 1.54) is 11.1 Å². The molecule has 0 aliphatic heterocycles. The van der Waals surface area contributed by atoms with E-state index in [0.29, 0.717) is 26.1 Å². The molecule has 0 saturated carbocycles. The Morgan fingerprint density at radius 3 is 2.50 bits per heavy atom. The Morgan fingerprint density at radius 2 is 1.70 bits per heavy atom. The molecule has 0 saturated heterocycles. The van der Waals surface area contributed by atoms with Crippen molar-refractivity contribution in [1.82, 2.24) is 14.9 Å². The topological polar surface area (TPSA) is 56.2 Å². The molecule has 0 fully saturated rings. The summed E-state index contributed by atoms with van der Waals surface area (Å²) in [4.78, 5) is 17.0. The van der Waals surface area contributed by atoms with Crippen LogP contribution in [0.3, 0.4) is 0 Å². The first-order valence-electron chi connectivity index (χ1n) is 10.1. The largest absolute Gasteiger partial charge is 0.493 e. The molecular formula is C25H25N3O2. The Morgan fingerprint density at radius 1 is 0.967 bits per heavy atom. The minimum atomic E-state index is -0.0557. The number of benzene rings is 3. The fraction of sp³-hybridized carbons (Fsp3) is 0.200. The summed E-state index contributed by atoms with van der Waals surface area (Å²) < 4.78 is 7.77. The molecular weight excluding hydrogens is 374 g/mol. The van der Waals surface area contributed by atoms with Crippen LogP contribution in [0, 0.1) is 6.92 Å². The van der Waals surface area contributed by atoms with Gasteiger partial charge in [-0.1, -0.05) is 60.2 Å². The smallest absolute Gasteiger partial charge is 0.223 e. The second-order valence-electron chi connectivity index (χ2n) is 7.28. The van der Waals surface area contributed by atoms with Crippen LogP contribution < -0.4 is 10.1 Å². The molecule has 0 atom stereocenters. The van der Waals surface area contributed by atoms with Crippen LogP contribution >= 0.6 is 0 Å². The highest BCUT2D eigenvalue weighted by atomic mass is 16.5. The van der Waals surface area contributed by atoms with Crippen molar-refractivity contribution in [2.45, 2.75) is 26.4 Å². The molecule has 0 spiro atoms. The fourth-order valence-corrected chi connectivity index (χ4v) is 3.36. The van der Waals surface area contributed by atoms with Crippen LogP contribution in [0.25, 0.3) is 11.0 Å². The van der Waals surface area contributed by atoms with Gasteiger partial charge in [0.25, 0.3) is 0 Å². The molecule has 4 rings (SSSR count). The van der Waals surface area contributed by atoms with Gasteiger partial charge in [0, 0.05) is 6.54 Å². The van der Waals surface area contributed by atoms with E-state index in [4.69, 9.17) is 9.72 Å². The fourth-order valence-electron chi connectivity index (χ4n) is 3.36. The third-order valence-corrected chi connectivity index (χ3v) is 4.98. The number of carbonyl (C=O) groups excluding carboxylic acids is 1. The lowest BCUT2D eigenvalue weighted by atomic mass is 10.1. The minimum Gasteiger partial charge on any atom is -0.493 e. The van der Waals surface area contributed by atoms with Gasteiger partial charge in [-0.3, -0.25) is 4.79 Å². The summed E-state index contributed by atoms with van der Waals surface area (Å²) >= 11 is 0. The Hall–Kier alpha value is -3.60. The first-order chi connectivity index (χ1) is 14.7. The van der Waals surface area contributed by atoms with E-state index in [9.17, 15) is 4.79 Å². The van der Waals surface area contributed by atoms with Crippen LogP contribution in [0.4, 0.5) is 0 Å². The molecule has 0 radical (unpaired) electrons. The van der Waals surface area contributed by atoms with Crippen LogP contribution in [0.5, 0.6) is 5.75 Å². The van der Waals surface area contributed by atoms with Gasteiger partial charge in [0.1, 0.15) is 11.6 Å². The minimum absolute atomic E-state index is 0.0557. The van der Waals surface area contributed by atoms with Gasteiger partial charge in [-0.2, -0.15) is 0 Å². The molecule has 5 nitrogen and oxygen atoms in total. The summed E-state index contributed by atoms with van der Waals surface area (Å²) in [5, 5.41) is 2.98. The summed E-state index contributed by atoms with van der Waals surface area (Å²) in [6.07, 6.45) is 0.299. The van der Waals surface area contributed by atoms with Crippen LogP contribution in [0.1, 0.15) is 23.4 Å². The predicted octanol–water partition coefficient (Wildman–Crippen LogP) is 4.48. The molecule has 0 bridgehead atoms. The molecule has 1 aromatic heterocycles. The number of aromatic nitrogens is 2. The molecule has 4 aromatic rings. The Labute approximate surface area is 176 Å². The van der Waals surface area contributed by atoms with Crippen LogP contribution in [0.2, 0.25) is 0 Å². The van der Waals surface area contributed by atoms with E-state index < -0.39 is 0 Å². The van der Waals surface area contributed by atoms with Gasteiger partial charge in [-0.25, -0.2) is 4.98 Å². The zero-order valence-electron chi connectivity index (χ0n) is 17.0. The molecule has 1 heterocycles. The summed E-state index contributed by atoms with van der Waals surface area (Å²) in [6.45, 7) is 3.52. The molecule has 3 aromatic carbocycles. The van der Waals surface area contributed by atoms with Gasteiger partial charge < -0.3 is 14.6 Å². The van der Waals surface area contributed by atoms with Crippen LogP contribution in [-0.4, -0.2) is 22.1 Å². The van der Waals surface area contributed by atoms with Gasteiger partial charge >= 0.3 is 0 Å². The van der Waals surface area contributed by atoms with E-state index >= 15 is 0 Å². The highest BCUT2D eigenvalue weighted by Crippen LogP contribution is 2.18. The second-order valence-corrected chi connectivity index (χ2v) is 7.28. The number of nitrogens with one attached hydrogen (secondary N) is 1. The van der Waals surface area contributed by atoms with E-state index in [-0.39, 0.29) is 5.91 Å². The van der Waals surface area contributed by atoms with Crippen molar-refractivity contribution in [3.63, 3.8) is 0 Å². The van der Waals surface area contributed by atoms with Gasteiger partial charge in [0.05, 0.1) is 30.6 Å². The standard InChI is InChI=1S/C25H25N3O2/c1-19-11-13-20(14-12-19)18-28-23-10-6-5-9-22(23)27-24(28)17-26-25(29)15-16-30-21-7-3-2-4-8-21/h2-14H,15-18H2,1H3,(H,26,29). The normalized spacial score (nSPS) is 10.8. The number of imidazole rings is 1. The third kappa shape index (κ3) is 4.87. The SMILES string of the molecule is Cc1ccc(Cn2c(CNC(=O)CCOc3ccccc3)nc3ccccc32)cc1. The maximum Gasteiger partial charge on any atom is 0.223 e. The molecule has 5 heteroatoms. The lowest BCUT2D eigenvalue weighted by Crippen LogP contribution is -2.26. The van der Waals surface area contributed by atoms with Gasteiger partial charge in [0.15, 0.2) is 0 Å². The third-order valence-electron chi connectivity index (χ3n) is 4.98. The number of aryl methyl sites for hydroxylation is 1. The van der Waals surface area contributed by atoms with Crippen molar-refractivity contribution in [1.29, 1.82) is 0 Å². The van der Waals surface area contributed by atoms with Crippen molar-refractivity contribution in [3.8, 4) is 5.75 Å². The van der Waals surface area contributed by atoms with Crippen molar-refractivity contribution in [2.24, 2.45) is 0 Å². The number of rotatable bonds is 8. The number of fused-ring (bicyclic) bond motifs is 1. The second kappa shape index (κ2) is 9.27. The summed E-state index contributed by atoms with van der Waals surface area (Å²) in [5.41, 5.74) is 4.43. The maximum absolute atomic E-state index is 12.3. The molecule has 30 heavy (non-hydrogen) atoms. The summed E-state index contributed by atoms with van der Waals surface area (Å²) in [7, 11) is 0. The molecule has 0 aliphatic carbocycles.